The molecule has 0 aliphatic carbocycles. The summed E-state index contributed by atoms with van der Waals surface area (Å²) in [7, 11) is 0. The van der Waals surface area contributed by atoms with Crippen molar-refractivity contribution < 1.29 is 5.11 Å². The molecule has 0 saturated carbocycles. The molecule has 0 aliphatic heterocycles. The Morgan fingerprint density at radius 1 is 1.00 bits per heavy atom. The van der Waals surface area contributed by atoms with Gasteiger partial charge in [-0.05, 0) is 36.8 Å². The van der Waals surface area contributed by atoms with Crippen LogP contribution < -0.4 is 5.32 Å². The van der Waals surface area contributed by atoms with Crippen LogP contribution in [0.1, 0.15) is 40.5 Å². The van der Waals surface area contributed by atoms with Crippen LogP contribution in [0.15, 0.2) is 30.3 Å². The minimum atomic E-state index is -0.205. The van der Waals surface area contributed by atoms with E-state index in [0.29, 0.717) is 11.8 Å². The number of nitrogens with one attached hydrogen (secondary N) is 1. The molecule has 0 saturated heterocycles. The Bertz CT molecular complexity index is 322. The van der Waals surface area contributed by atoms with Crippen LogP contribution in [-0.2, 0) is 0 Å². The molecule has 0 aromatic heterocycles. The first-order valence-corrected chi connectivity index (χ1v) is 6.91. The van der Waals surface area contributed by atoms with Crippen molar-refractivity contribution in [3.8, 4) is 0 Å². The van der Waals surface area contributed by atoms with E-state index in [1.165, 1.54) is 0 Å². The van der Waals surface area contributed by atoms with Gasteiger partial charge in [0.05, 0.1) is 12.1 Å². The summed E-state index contributed by atoms with van der Waals surface area (Å²) < 4.78 is 0. The third kappa shape index (κ3) is 4.69. The second kappa shape index (κ2) is 6.79. The quantitative estimate of drug-likeness (QED) is 0.767. The van der Waals surface area contributed by atoms with E-state index in [1.807, 2.05) is 18.2 Å². The Balaban J connectivity index is 2.87. The lowest BCUT2D eigenvalue weighted by Crippen LogP contribution is -2.44. The Morgan fingerprint density at radius 2 is 1.50 bits per heavy atom. The van der Waals surface area contributed by atoms with Gasteiger partial charge in [0.25, 0.3) is 0 Å². The number of hydrogen-bond donors (Lipinski definition) is 2. The summed E-state index contributed by atoms with van der Waals surface area (Å²) in [5, 5.41) is 13.4. The lowest BCUT2D eigenvalue weighted by Gasteiger charge is -2.37. The van der Waals surface area contributed by atoms with Gasteiger partial charge in [0.1, 0.15) is 0 Å². The van der Waals surface area contributed by atoms with Crippen LogP contribution in [0.3, 0.4) is 0 Å². The lowest BCUT2D eigenvalue weighted by molar-refractivity contribution is 0.168. The van der Waals surface area contributed by atoms with Gasteiger partial charge in [-0.25, -0.2) is 0 Å². The maximum atomic E-state index is 9.87. The van der Waals surface area contributed by atoms with E-state index in [0.717, 1.165) is 18.5 Å². The van der Waals surface area contributed by atoms with E-state index >= 15 is 0 Å². The number of aliphatic hydroxyl groups excluding tert-OH is 1. The largest absolute Gasteiger partial charge is 0.394 e. The van der Waals surface area contributed by atoms with E-state index in [1.54, 1.807) is 0 Å². The number of aliphatic hydroxyl groups is 1. The van der Waals surface area contributed by atoms with Crippen molar-refractivity contribution >= 4 is 5.69 Å². The number of para-hydroxylation sites is 1. The molecule has 102 valence electrons. The molecular formula is C16H27NO. The van der Waals surface area contributed by atoms with Crippen LogP contribution in [0.25, 0.3) is 0 Å². The van der Waals surface area contributed by atoms with Crippen molar-refractivity contribution in [2.75, 3.05) is 11.9 Å². The van der Waals surface area contributed by atoms with Crippen LogP contribution >= 0.6 is 0 Å². The van der Waals surface area contributed by atoms with Crippen LogP contribution in [0.2, 0.25) is 0 Å². The summed E-state index contributed by atoms with van der Waals surface area (Å²) in [6, 6.07) is 10.2. The van der Waals surface area contributed by atoms with Crippen LogP contribution in [0, 0.1) is 11.8 Å². The number of rotatable bonds is 7. The number of benzene rings is 1. The molecule has 0 heterocycles. The normalized spacial score (nSPS) is 12.2. The smallest absolute Gasteiger partial charge is 0.0661 e. The minimum Gasteiger partial charge on any atom is -0.394 e. The molecule has 0 unspecified atom stereocenters. The van der Waals surface area contributed by atoms with Crippen molar-refractivity contribution in [1.29, 1.82) is 0 Å². The Morgan fingerprint density at radius 3 is 1.89 bits per heavy atom. The van der Waals surface area contributed by atoms with Gasteiger partial charge in [-0.2, -0.15) is 0 Å². The molecule has 1 rings (SSSR count). The molecule has 1 aromatic carbocycles. The first kappa shape index (κ1) is 15.0. The molecule has 0 aliphatic rings. The molecule has 0 fully saturated rings. The molecule has 2 heteroatoms. The van der Waals surface area contributed by atoms with Gasteiger partial charge in [-0.15, -0.1) is 0 Å². The van der Waals surface area contributed by atoms with Gasteiger partial charge in [0, 0.05) is 5.69 Å². The molecule has 0 bridgehead atoms. The summed E-state index contributed by atoms with van der Waals surface area (Å²) >= 11 is 0. The third-order valence-electron chi connectivity index (χ3n) is 3.08. The van der Waals surface area contributed by atoms with Crippen LogP contribution in [0.5, 0.6) is 0 Å². The average Bonchev–Trinajstić information content (AvgIpc) is 2.28. The molecule has 0 atom stereocenters. The summed E-state index contributed by atoms with van der Waals surface area (Å²) in [5.74, 6) is 1.12. The number of anilines is 1. The van der Waals surface area contributed by atoms with Gasteiger partial charge in [0.15, 0.2) is 0 Å². The van der Waals surface area contributed by atoms with Gasteiger partial charge in [-0.1, -0.05) is 45.9 Å². The Hall–Kier alpha value is -1.02. The monoisotopic (exact) mass is 249 g/mol. The predicted octanol–water partition coefficient (Wildman–Crippen LogP) is 3.92. The maximum absolute atomic E-state index is 9.87. The summed E-state index contributed by atoms with van der Waals surface area (Å²) in [6.45, 7) is 9.00. The zero-order valence-electron chi connectivity index (χ0n) is 12.1. The topological polar surface area (TPSA) is 32.3 Å². The molecule has 18 heavy (non-hydrogen) atoms. The summed E-state index contributed by atoms with van der Waals surface area (Å²) in [4.78, 5) is 0. The van der Waals surface area contributed by atoms with Crippen LogP contribution in [-0.4, -0.2) is 17.3 Å². The first-order valence-electron chi connectivity index (χ1n) is 6.91. The van der Waals surface area contributed by atoms with Crippen LogP contribution in [0.4, 0.5) is 5.69 Å². The molecule has 0 radical (unpaired) electrons. The second-order valence-corrected chi connectivity index (χ2v) is 6.13. The third-order valence-corrected chi connectivity index (χ3v) is 3.08. The Labute approximate surface area is 111 Å². The molecule has 0 spiro atoms. The highest BCUT2D eigenvalue weighted by atomic mass is 16.3. The lowest BCUT2D eigenvalue weighted by atomic mass is 9.82. The molecule has 0 amide bonds. The van der Waals surface area contributed by atoms with Crippen molar-refractivity contribution in [1.82, 2.24) is 0 Å². The highest BCUT2D eigenvalue weighted by Gasteiger charge is 2.31. The van der Waals surface area contributed by atoms with Crippen molar-refractivity contribution in [2.45, 2.75) is 46.1 Å². The number of hydrogen-bond acceptors (Lipinski definition) is 2. The Kier molecular flexibility index (Phi) is 5.67. The van der Waals surface area contributed by atoms with Crippen molar-refractivity contribution in [3.05, 3.63) is 30.3 Å². The fourth-order valence-corrected chi connectivity index (χ4v) is 2.74. The van der Waals surface area contributed by atoms with Crippen molar-refractivity contribution in [3.63, 3.8) is 0 Å². The summed E-state index contributed by atoms with van der Waals surface area (Å²) in [6.07, 6.45) is 1.97. The van der Waals surface area contributed by atoms with Gasteiger partial charge in [0.2, 0.25) is 0 Å². The van der Waals surface area contributed by atoms with E-state index in [-0.39, 0.29) is 12.1 Å². The molecule has 2 nitrogen and oxygen atoms in total. The average molecular weight is 249 g/mol. The second-order valence-electron chi connectivity index (χ2n) is 6.13. The fourth-order valence-electron chi connectivity index (χ4n) is 2.74. The molecular weight excluding hydrogens is 222 g/mol. The standard InChI is InChI=1S/C16H27NO/c1-13(2)10-16(12-18,11-14(3)4)17-15-8-6-5-7-9-15/h5-9,13-14,17-18H,10-12H2,1-4H3. The predicted molar refractivity (Wildman–Crippen MR) is 78.8 cm³/mol. The maximum Gasteiger partial charge on any atom is 0.0661 e. The zero-order valence-corrected chi connectivity index (χ0v) is 12.1. The molecule has 2 N–H and O–H groups in total. The zero-order chi connectivity index (χ0) is 13.6. The fraction of sp³-hybridized carbons (Fsp3) is 0.625. The van der Waals surface area contributed by atoms with Crippen molar-refractivity contribution in [2.24, 2.45) is 11.8 Å². The first-order chi connectivity index (χ1) is 8.47. The van der Waals surface area contributed by atoms with Gasteiger partial charge in [-0.3, -0.25) is 0 Å². The van der Waals surface area contributed by atoms with E-state index in [4.69, 9.17) is 0 Å². The minimum absolute atomic E-state index is 0.179. The SMILES string of the molecule is CC(C)CC(CO)(CC(C)C)Nc1ccccc1. The van der Waals surface area contributed by atoms with E-state index < -0.39 is 0 Å². The van der Waals surface area contributed by atoms with Gasteiger partial charge < -0.3 is 10.4 Å². The molecule has 1 aromatic rings. The van der Waals surface area contributed by atoms with Gasteiger partial charge >= 0.3 is 0 Å². The van der Waals surface area contributed by atoms with E-state index in [9.17, 15) is 5.11 Å². The van der Waals surface area contributed by atoms with E-state index in [2.05, 4.69) is 45.1 Å². The highest BCUT2D eigenvalue weighted by molar-refractivity contribution is 5.45. The highest BCUT2D eigenvalue weighted by Crippen LogP contribution is 2.28. The summed E-state index contributed by atoms with van der Waals surface area (Å²) in [5.41, 5.74) is 0.886.